The van der Waals surface area contributed by atoms with Gasteiger partial charge >= 0.3 is 0 Å². The Morgan fingerprint density at radius 2 is 1.65 bits per heavy atom. The Balaban J connectivity index is 1.37. The number of aryl methyl sites for hydroxylation is 1. The van der Waals surface area contributed by atoms with Crippen molar-refractivity contribution in [2.24, 2.45) is 0 Å². The number of nitrogens with zero attached hydrogens (tertiary/aromatic N) is 2. The zero-order valence-corrected chi connectivity index (χ0v) is 23.9. The van der Waals surface area contributed by atoms with Gasteiger partial charge in [-0.15, -0.1) is 0 Å². The lowest BCUT2D eigenvalue weighted by Gasteiger charge is -2.17. The Morgan fingerprint density at radius 1 is 0.925 bits per heavy atom. The fourth-order valence-corrected chi connectivity index (χ4v) is 6.10. The first-order chi connectivity index (χ1) is 19.3. The lowest BCUT2D eigenvalue weighted by atomic mass is 10.1. The summed E-state index contributed by atoms with van der Waals surface area (Å²) in [7, 11) is 3.15. The second-order valence-corrected chi connectivity index (χ2v) is 10.9. The van der Waals surface area contributed by atoms with Crippen LogP contribution in [0.4, 0.5) is 11.4 Å². The molecule has 0 bridgehead atoms. The highest BCUT2D eigenvalue weighted by Gasteiger charge is 2.42. The zero-order chi connectivity index (χ0) is 28.4. The lowest BCUT2D eigenvalue weighted by Crippen LogP contribution is -2.36. The van der Waals surface area contributed by atoms with E-state index in [2.05, 4.69) is 5.32 Å². The number of methoxy groups -OCH3 is 2. The smallest absolute Gasteiger partial charge is 0.267 e. The monoisotopic (exact) mass is 573 g/mol. The maximum atomic E-state index is 13.7. The molecule has 2 aliphatic heterocycles. The Labute approximate surface area is 241 Å². The number of anilines is 2. The Bertz CT molecular complexity index is 1570. The highest BCUT2D eigenvalue weighted by atomic mass is 32.2. The molecule has 1 fully saturated rings. The number of nitrogens with one attached hydrogen (secondary N) is 1. The molecule has 8 nitrogen and oxygen atoms in total. The predicted octanol–water partition coefficient (Wildman–Crippen LogP) is 4.81. The highest BCUT2D eigenvalue weighted by Crippen LogP contribution is 2.44. The summed E-state index contributed by atoms with van der Waals surface area (Å²) in [4.78, 5) is 43.4. The summed E-state index contributed by atoms with van der Waals surface area (Å²) in [6.07, 6.45) is 0.533. The zero-order valence-electron chi connectivity index (χ0n) is 22.2. The van der Waals surface area contributed by atoms with Gasteiger partial charge in [-0.3, -0.25) is 24.2 Å². The van der Waals surface area contributed by atoms with Crippen molar-refractivity contribution in [2.45, 2.75) is 13.3 Å². The molecule has 0 aromatic heterocycles. The van der Waals surface area contributed by atoms with E-state index in [4.69, 9.17) is 21.7 Å². The van der Waals surface area contributed by atoms with Crippen LogP contribution in [-0.4, -0.2) is 54.3 Å². The number of hydrogen-bond donors (Lipinski definition) is 1. The fraction of sp³-hybridized carbons (Fsp3) is 0.200. The number of carbonyl (C=O) groups is 3. The highest BCUT2D eigenvalue weighted by molar-refractivity contribution is 8.26. The van der Waals surface area contributed by atoms with Gasteiger partial charge in [0.05, 0.1) is 30.4 Å². The Hall–Kier alpha value is -4.15. The first-order valence-electron chi connectivity index (χ1n) is 12.6. The topological polar surface area (TPSA) is 88.2 Å². The average Bonchev–Trinajstić information content (AvgIpc) is 3.39. The second-order valence-electron chi connectivity index (χ2n) is 9.24. The molecule has 40 heavy (non-hydrogen) atoms. The van der Waals surface area contributed by atoms with Gasteiger partial charge in [-0.2, -0.15) is 0 Å². The number of ether oxygens (including phenoxy) is 2. The molecule has 2 heterocycles. The van der Waals surface area contributed by atoms with Crippen molar-refractivity contribution in [3.8, 4) is 11.5 Å². The van der Waals surface area contributed by atoms with E-state index in [0.29, 0.717) is 45.7 Å². The van der Waals surface area contributed by atoms with E-state index in [1.807, 2.05) is 49.4 Å². The van der Waals surface area contributed by atoms with Crippen molar-refractivity contribution in [1.29, 1.82) is 0 Å². The van der Waals surface area contributed by atoms with Gasteiger partial charge in [0.15, 0.2) is 11.5 Å². The molecule has 5 rings (SSSR count). The number of amides is 3. The third-order valence-corrected chi connectivity index (χ3v) is 8.24. The van der Waals surface area contributed by atoms with Crippen molar-refractivity contribution in [3.05, 3.63) is 88.3 Å². The molecule has 0 atom stereocenters. The predicted molar refractivity (Wildman–Crippen MR) is 161 cm³/mol. The minimum Gasteiger partial charge on any atom is -0.493 e. The van der Waals surface area contributed by atoms with Crippen LogP contribution in [0.2, 0.25) is 0 Å². The fourth-order valence-electron chi connectivity index (χ4n) is 4.72. The first-order valence-corrected chi connectivity index (χ1v) is 13.8. The van der Waals surface area contributed by atoms with E-state index in [9.17, 15) is 14.4 Å². The van der Waals surface area contributed by atoms with Crippen LogP contribution < -0.4 is 19.7 Å². The van der Waals surface area contributed by atoms with Crippen LogP contribution in [0, 0.1) is 6.92 Å². The number of thioether (sulfide) groups is 1. The third-order valence-electron chi connectivity index (χ3n) is 6.79. The maximum Gasteiger partial charge on any atom is 0.267 e. The van der Waals surface area contributed by atoms with Crippen LogP contribution in [0.1, 0.15) is 16.7 Å². The largest absolute Gasteiger partial charge is 0.493 e. The van der Waals surface area contributed by atoms with E-state index in [1.54, 1.807) is 38.5 Å². The number of thiocarbonyl (C=S) groups is 1. The molecule has 204 valence electrons. The van der Waals surface area contributed by atoms with Crippen LogP contribution in [0.25, 0.3) is 5.57 Å². The van der Waals surface area contributed by atoms with Crippen LogP contribution in [0.15, 0.2) is 71.6 Å². The average molecular weight is 574 g/mol. The van der Waals surface area contributed by atoms with Crippen molar-refractivity contribution in [3.63, 3.8) is 0 Å². The third kappa shape index (κ3) is 5.20. The molecule has 10 heteroatoms. The number of fused-ring (bicyclic) bond motifs is 1. The van der Waals surface area contributed by atoms with Crippen LogP contribution in [0.5, 0.6) is 11.5 Å². The molecule has 0 unspecified atom stereocenters. The van der Waals surface area contributed by atoms with E-state index >= 15 is 0 Å². The van der Waals surface area contributed by atoms with Crippen molar-refractivity contribution in [2.75, 3.05) is 37.5 Å². The molecule has 3 amide bonds. The molecule has 0 saturated carbocycles. The van der Waals surface area contributed by atoms with Crippen molar-refractivity contribution >= 4 is 63.0 Å². The van der Waals surface area contributed by atoms with Crippen LogP contribution in [-0.2, 0) is 20.8 Å². The minimum atomic E-state index is -0.401. The van der Waals surface area contributed by atoms with Gasteiger partial charge < -0.3 is 14.8 Å². The quantitative estimate of drug-likeness (QED) is 0.306. The number of carbonyl (C=O) groups excluding carboxylic acids is 3. The molecular formula is C30H27N3O5S2. The second kappa shape index (κ2) is 11.5. The maximum absolute atomic E-state index is 13.7. The molecule has 1 saturated heterocycles. The van der Waals surface area contributed by atoms with Crippen molar-refractivity contribution < 1.29 is 23.9 Å². The van der Waals surface area contributed by atoms with E-state index < -0.39 is 5.91 Å². The summed E-state index contributed by atoms with van der Waals surface area (Å²) in [5.41, 5.74) is 4.01. The van der Waals surface area contributed by atoms with Crippen LogP contribution >= 0.6 is 24.0 Å². The van der Waals surface area contributed by atoms with Gasteiger partial charge in [0.2, 0.25) is 5.91 Å². The minimum absolute atomic E-state index is 0.187. The summed E-state index contributed by atoms with van der Waals surface area (Å²) in [5, 5.41) is 2.88. The summed E-state index contributed by atoms with van der Waals surface area (Å²) < 4.78 is 11.1. The summed E-state index contributed by atoms with van der Waals surface area (Å²) >= 11 is 6.67. The summed E-state index contributed by atoms with van der Waals surface area (Å²) in [5.74, 6) is 0.173. The summed E-state index contributed by atoms with van der Waals surface area (Å²) in [6, 6.07) is 20.2. The van der Waals surface area contributed by atoms with Gasteiger partial charge in [0.25, 0.3) is 11.8 Å². The van der Waals surface area contributed by atoms with E-state index in [-0.39, 0.29) is 28.8 Å². The molecule has 0 aliphatic carbocycles. The number of para-hydroxylation sites is 2. The van der Waals surface area contributed by atoms with Crippen molar-refractivity contribution in [1.82, 2.24) is 4.90 Å². The lowest BCUT2D eigenvalue weighted by molar-refractivity contribution is -0.122. The molecule has 0 radical (unpaired) electrons. The first kappa shape index (κ1) is 27.4. The number of benzene rings is 3. The van der Waals surface area contributed by atoms with Crippen LogP contribution in [0.3, 0.4) is 0 Å². The van der Waals surface area contributed by atoms with E-state index in [1.165, 1.54) is 9.80 Å². The molecule has 1 N–H and O–H groups in total. The Kier molecular flexibility index (Phi) is 7.90. The number of hydrogen-bond acceptors (Lipinski definition) is 7. The SMILES string of the molecule is COc1ccc(CCN2C(=O)C(=C3C(=O)N(CC(=O)Nc4ccccc4C)c4ccccc43)SC2=S)cc1OC. The molecule has 3 aromatic carbocycles. The van der Waals surface area contributed by atoms with E-state index in [0.717, 1.165) is 22.9 Å². The van der Waals surface area contributed by atoms with Gasteiger partial charge in [0, 0.05) is 17.8 Å². The van der Waals surface area contributed by atoms with Gasteiger partial charge in [-0.05, 0) is 48.7 Å². The standard InChI is InChI=1S/C30H27N3O5S2/c1-18-8-4-6-10-21(18)31-25(34)17-33-22-11-7-5-9-20(22)26(28(33)35)27-29(36)32(30(39)40-27)15-14-19-12-13-23(37-2)24(16-19)38-3/h4-13,16H,14-15,17H2,1-3H3,(H,31,34). The van der Waals surface area contributed by atoms with Gasteiger partial charge in [-0.1, -0.05) is 66.4 Å². The Morgan fingerprint density at radius 3 is 2.40 bits per heavy atom. The normalized spacial score (nSPS) is 16.4. The van der Waals surface area contributed by atoms with Gasteiger partial charge in [-0.25, -0.2) is 0 Å². The summed E-state index contributed by atoms with van der Waals surface area (Å²) in [6.45, 7) is 2.06. The van der Waals surface area contributed by atoms with Gasteiger partial charge in [0.1, 0.15) is 10.9 Å². The number of rotatable bonds is 8. The molecule has 2 aliphatic rings. The molecular weight excluding hydrogens is 546 g/mol. The molecule has 3 aromatic rings. The molecule has 0 spiro atoms.